The third kappa shape index (κ3) is 5.28. The second-order valence-corrected chi connectivity index (χ2v) is 16.9. The summed E-state index contributed by atoms with van der Waals surface area (Å²) < 4.78 is 7.30. The Bertz CT molecular complexity index is 3500. The number of hydrogen-bond donors (Lipinski definition) is 0. The van der Waals surface area contributed by atoms with Crippen LogP contribution in [0.3, 0.4) is 0 Å². The Morgan fingerprint density at radius 1 is 0.203 bits per heavy atom. The highest BCUT2D eigenvalue weighted by Gasteiger charge is 2.38. The molecule has 0 fully saturated rings. The van der Waals surface area contributed by atoms with E-state index in [0.29, 0.717) is 0 Å². The van der Waals surface area contributed by atoms with Gasteiger partial charge in [-0.25, -0.2) is 0 Å². The molecule has 0 atom stereocenters. The summed E-state index contributed by atoms with van der Waals surface area (Å²) in [5.74, 6) is 0. The van der Waals surface area contributed by atoms with Crippen LogP contribution in [0.4, 0.5) is 0 Å². The quantitative estimate of drug-likeness (QED) is 0.142. The summed E-state index contributed by atoms with van der Waals surface area (Å²) in [4.78, 5) is 0. The molecule has 3 heteroatoms. The second kappa shape index (κ2) is 14.3. The monoisotopic (exact) mass is 815 g/mol. The molecule has 0 N–H and O–H groups in total. The van der Waals surface area contributed by atoms with Crippen LogP contribution < -0.4 is 0 Å². The van der Waals surface area contributed by atoms with E-state index in [0.717, 1.165) is 28.1 Å². The Morgan fingerprint density at radius 3 is 0.828 bits per heavy atom. The van der Waals surface area contributed by atoms with Crippen molar-refractivity contribution in [2.24, 2.45) is 0 Å². The summed E-state index contributed by atoms with van der Waals surface area (Å²) >= 11 is 0. The maximum Gasteiger partial charge on any atom is 0.0701 e. The lowest BCUT2D eigenvalue weighted by Crippen LogP contribution is -2.30. The van der Waals surface area contributed by atoms with E-state index < -0.39 is 5.41 Å². The van der Waals surface area contributed by atoms with Gasteiger partial charge in [0.05, 0.1) is 38.5 Å². The topological polar surface area (TPSA) is 14.8 Å². The van der Waals surface area contributed by atoms with Crippen LogP contribution in [0.5, 0.6) is 0 Å². The molecule has 0 aliphatic rings. The van der Waals surface area contributed by atoms with Gasteiger partial charge in [0.2, 0.25) is 0 Å². The van der Waals surface area contributed by atoms with Gasteiger partial charge in [-0.3, -0.25) is 0 Å². The molecule has 3 nitrogen and oxygen atoms in total. The summed E-state index contributed by atoms with van der Waals surface area (Å²) in [6.45, 7) is 0. The Hall–Kier alpha value is -8.40. The van der Waals surface area contributed by atoms with E-state index in [9.17, 15) is 0 Å². The normalized spacial score (nSPS) is 12.1. The lowest BCUT2D eigenvalue weighted by Gasteiger charge is -2.37. The molecule has 0 aliphatic carbocycles. The van der Waals surface area contributed by atoms with Crippen LogP contribution in [-0.4, -0.2) is 13.7 Å². The lowest BCUT2D eigenvalue weighted by atomic mass is 9.65. The molecule has 0 saturated carbocycles. The maximum atomic E-state index is 2.45. The van der Waals surface area contributed by atoms with Crippen LogP contribution in [-0.2, 0) is 5.41 Å². The first-order valence-corrected chi connectivity index (χ1v) is 22.1. The predicted octanol–water partition coefficient (Wildman–Crippen LogP) is 15.4. The number of fused-ring (bicyclic) bond motifs is 9. The van der Waals surface area contributed by atoms with Gasteiger partial charge in [-0.15, -0.1) is 0 Å². The van der Waals surface area contributed by atoms with Gasteiger partial charge in [0.1, 0.15) is 0 Å². The van der Waals surface area contributed by atoms with Crippen molar-refractivity contribution in [3.63, 3.8) is 0 Å². The minimum Gasteiger partial charge on any atom is -0.309 e. The van der Waals surface area contributed by atoms with Gasteiger partial charge in [0, 0.05) is 49.4 Å². The van der Waals surface area contributed by atoms with Crippen molar-refractivity contribution in [1.82, 2.24) is 13.7 Å². The van der Waals surface area contributed by atoms with E-state index in [2.05, 4.69) is 262 Å². The SMILES string of the molecule is c1ccc(C(c2ccccc2)(c2ccccc2)c2ccc(-n3c4ccc(-n5c6ccccc6c6ccccc65)cc4c4cc(-n5c6ccccc6c6ccccc65)ccc43)cc2)cc1. The average molecular weight is 816 g/mol. The number of para-hydroxylation sites is 4. The van der Waals surface area contributed by atoms with Gasteiger partial charge in [0.15, 0.2) is 0 Å². The first-order valence-electron chi connectivity index (χ1n) is 22.1. The minimum atomic E-state index is -0.530. The smallest absolute Gasteiger partial charge is 0.0701 e. The molecule has 0 aliphatic heterocycles. The van der Waals surface area contributed by atoms with Gasteiger partial charge in [-0.05, 0) is 95.1 Å². The van der Waals surface area contributed by atoms with Crippen LogP contribution in [0.25, 0.3) is 82.5 Å². The molecule has 13 rings (SSSR count). The van der Waals surface area contributed by atoms with Gasteiger partial charge in [-0.2, -0.15) is 0 Å². The first kappa shape index (κ1) is 36.3. The fraction of sp³-hybridized carbons (Fsp3) is 0.0164. The summed E-state index contributed by atoms with van der Waals surface area (Å²) in [5.41, 5.74) is 14.9. The summed E-state index contributed by atoms with van der Waals surface area (Å²) in [7, 11) is 0. The molecule has 0 unspecified atom stereocenters. The second-order valence-electron chi connectivity index (χ2n) is 16.9. The lowest BCUT2D eigenvalue weighted by molar-refractivity contribution is 0.745. The highest BCUT2D eigenvalue weighted by molar-refractivity contribution is 6.14. The average Bonchev–Trinajstić information content (AvgIpc) is 4.01. The maximum absolute atomic E-state index is 2.45. The fourth-order valence-electron chi connectivity index (χ4n) is 10.9. The van der Waals surface area contributed by atoms with Gasteiger partial charge >= 0.3 is 0 Å². The van der Waals surface area contributed by atoms with Crippen molar-refractivity contribution in [1.29, 1.82) is 0 Å². The molecule has 0 amide bonds. The van der Waals surface area contributed by atoms with Crippen LogP contribution in [0.2, 0.25) is 0 Å². The third-order valence-electron chi connectivity index (χ3n) is 13.6. The zero-order chi connectivity index (χ0) is 42.2. The van der Waals surface area contributed by atoms with E-state index in [1.807, 2.05) is 0 Å². The molecule has 0 bridgehead atoms. The van der Waals surface area contributed by atoms with Gasteiger partial charge < -0.3 is 13.7 Å². The van der Waals surface area contributed by atoms with Crippen LogP contribution in [0.1, 0.15) is 22.3 Å². The Labute approximate surface area is 370 Å². The number of aromatic nitrogens is 3. The molecule has 3 heterocycles. The van der Waals surface area contributed by atoms with Crippen molar-refractivity contribution in [2.75, 3.05) is 0 Å². The number of nitrogens with zero attached hydrogens (tertiary/aromatic N) is 3. The summed E-state index contributed by atoms with van der Waals surface area (Å²) in [6.07, 6.45) is 0. The molecule has 0 saturated heterocycles. The Morgan fingerprint density at radius 2 is 0.469 bits per heavy atom. The summed E-state index contributed by atoms with van der Waals surface area (Å²) in [5, 5.41) is 7.43. The molecule has 0 spiro atoms. The zero-order valence-corrected chi connectivity index (χ0v) is 35.0. The largest absolute Gasteiger partial charge is 0.309 e. The number of benzene rings is 10. The minimum absolute atomic E-state index is 0.530. The Kier molecular flexibility index (Phi) is 8.13. The third-order valence-corrected chi connectivity index (χ3v) is 13.6. The zero-order valence-electron chi connectivity index (χ0n) is 35.0. The molecule has 3 aromatic heterocycles. The molecule has 64 heavy (non-hydrogen) atoms. The first-order chi connectivity index (χ1) is 31.8. The molecular formula is C61H41N3. The van der Waals surface area contributed by atoms with Crippen LogP contribution in [0.15, 0.2) is 249 Å². The molecule has 10 aromatic carbocycles. The van der Waals surface area contributed by atoms with Crippen molar-refractivity contribution in [3.8, 4) is 17.1 Å². The highest BCUT2D eigenvalue weighted by atomic mass is 15.0. The van der Waals surface area contributed by atoms with E-state index in [-0.39, 0.29) is 0 Å². The van der Waals surface area contributed by atoms with Crippen molar-refractivity contribution < 1.29 is 0 Å². The molecular weight excluding hydrogens is 775 g/mol. The van der Waals surface area contributed by atoms with Crippen molar-refractivity contribution in [2.45, 2.75) is 5.41 Å². The van der Waals surface area contributed by atoms with Crippen LogP contribution >= 0.6 is 0 Å². The van der Waals surface area contributed by atoms with E-state index in [1.54, 1.807) is 0 Å². The van der Waals surface area contributed by atoms with Crippen molar-refractivity contribution in [3.05, 3.63) is 271 Å². The highest BCUT2D eigenvalue weighted by Crippen LogP contribution is 2.46. The van der Waals surface area contributed by atoms with Gasteiger partial charge in [0.25, 0.3) is 0 Å². The van der Waals surface area contributed by atoms with Crippen LogP contribution in [0, 0.1) is 0 Å². The number of rotatable bonds is 7. The van der Waals surface area contributed by atoms with Crippen molar-refractivity contribution >= 4 is 65.4 Å². The molecule has 0 radical (unpaired) electrons. The predicted molar refractivity (Wildman–Crippen MR) is 268 cm³/mol. The van der Waals surface area contributed by atoms with E-state index in [4.69, 9.17) is 0 Å². The standard InChI is InChI=1S/C61H41N3/c1-4-18-42(19-5-1)61(43-20-6-2-7-21-43,44-22-8-3-9-23-44)45-32-34-46(35-33-45)62-59-38-36-47(63-55-28-14-10-24-49(55)50-25-11-15-29-56(50)63)40-53(59)54-41-48(37-39-60(54)62)64-57-30-16-12-26-51(57)52-27-13-17-31-58(52)64/h1-41H. The Balaban J connectivity index is 1.06. The van der Waals surface area contributed by atoms with Gasteiger partial charge in [-0.1, -0.05) is 176 Å². The fourth-order valence-corrected chi connectivity index (χ4v) is 10.9. The van der Waals surface area contributed by atoms with E-state index in [1.165, 1.54) is 76.6 Å². The van der Waals surface area contributed by atoms with E-state index >= 15 is 0 Å². The summed E-state index contributed by atoms with van der Waals surface area (Å²) in [6, 6.07) is 91.3. The number of hydrogen-bond acceptors (Lipinski definition) is 0. The molecule has 300 valence electrons. The molecule has 13 aromatic rings.